The van der Waals surface area contributed by atoms with Gasteiger partial charge in [-0.15, -0.1) is 0 Å². The van der Waals surface area contributed by atoms with Crippen molar-refractivity contribution in [3.63, 3.8) is 0 Å². The molecule has 0 N–H and O–H groups in total. The van der Waals surface area contributed by atoms with Gasteiger partial charge in [-0.3, -0.25) is 9.78 Å². The summed E-state index contributed by atoms with van der Waals surface area (Å²) >= 11 is 0. The Balaban J connectivity index is 1.84. The van der Waals surface area contributed by atoms with Crippen molar-refractivity contribution in [3.05, 3.63) is 66.0 Å². The van der Waals surface area contributed by atoms with Gasteiger partial charge in [-0.05, 0) is 23.6 Å². The molecule has 2 aromatic rings. The second kappa shape index (κ2) is 6.92. The fraction of sp³-hybridized carbons (Fsp3) is 0.368. The molecule has 0 bridgehead atoms. The molecule has 1 saturated heterocycles. The highest BCUT2D eigenvalue weighted by Gasteiger charge is 2.33. The van der Waals surface area contributed by atoms with Crippen LogP contribution in [0.3, 0.4) is 0 Å². The van der Waals surface area contributed by atoms with E-state index in [0.717, 1.165) is 5.56 Å². The number of hydrogen-bond acceptors (Lipinski definition) is 3. The Labute approximate surface area is 137 Å². The Morgan fingerprint density at radius 3 is 2.61 bits per heavy atom. The van der Waals surface area contributed by atoms with Crippen LogP contribution < -0.4 is 0 Å². The van der Waals surface area contributed by atoms with E-state index in [-0.39, 0.29) is 18.1 Å². The highest BCUT2D eigenvalue weighted by atomic mass is 16.5. The molecule has 0 spiro atoms. The Kier molecular flexibility index (Phi) is 4.72. The molecule has 120 valence electrons. The molecule has 2 atom stereocenters. The van der Waals surface area contributed by atoms with Crippen molar-refractivity contribution in [3.8, 4) is 0 Å². The van der Waals surface area contributed by atoms with Gasteiger partial charge >= 0.3 is 0 Å². The molecular formula is C19H22N2O2. The topological polar surface area (TPSA) is 42.4 Å². The number of carbonyl (C=O) groups excluding carboxylic acids is 1. The van der Waals surface area contributed by atoms with Crippen LogP contribution in [0.15, 0.2) is 54.9 Å². The second-order valence-corrected chi connectivity index (χ2v) is 6.27. The van der Waals surface area contributed by atoms with Gasteiger partial charge in [0, 0.05) is 18.9 Å². The zero-order valence-electron chi connectivity index (χ0n) is 13.6. The fourth-order valence-corrected chi connectivity index (χ4v) is 2.85. The van der Waals surface area contributed by atoms with Crippen LogP contribution in [0.4, 0.5) is 0 Å². The molecule has 0 aliphatic carbocycles. The van der Waals surface area contributed by atoms with E-state index in [1.807, 2.05) is 29.2 Å². The molecule has 1 fully saturated rings. The monoisotopic (exact) mass is 310 g/mol. The largest absolute Gasteiger partial charge is 0.366 e. The number of pyridine rings is 1. The summed E-state index contributed by atoms with van der Waals surface area (Å²) in [5.41, 5.74) is 1.74. The van der Waals surface area contributed by atoms with Crippen LogP contribution in [0, 0.1) is 5.92 Å². The lowest BCUT2D eigenvalue weighted by molar-refractivity contribution is -0.0954. The maximum absolute atomic E-state index is 12.8. The number of morpholine rings is 1. The van der Waals surface area contributed by atoms with E-state index in [1.165, 1.54) is 0 Å². The Hall–Kier alpha value is -2.20. The average molecular weight is 310 g/mol. The lowest BCUT2D eigenvalue weighted by atomic mass is 10.0. The molecule has 1 aliphatic heterocycles. The molecule has 1 aromatic carbocycles. The molecule has 0 unspecified atom stereocenters. The van der Waals surface area contributed by atoms with Gasteiger partial charge in [0.05, 0.1) is 18.2 Å². The predicted molar refractivity (Wildman–Crippen MR) is 89.0 cm³/mol. The van der Waals surface area contributed by atoms with Crippen molar-refractivity contribution >= 4 is 5.91 Å². The Bertz CT molecular complexity index is 643. The molecule has 0 saturated carbocycles. The van der Waals surface area contributed by atoms with Crippen molar-refractivity contribution in [2.24, 2.45) is 5.92 Å². The zero-order valence-corrected chi connectivity index (χ0v) is 13.6. The van der Waals surface area contributed by atoms with Gasteiger partial charge < -0.3 is 9.64 Å². The minimum atomic E-state index is -0.0852. The lowest BCUT2D eigenvalue weighted by Gasteiger charge is -2.40. The molecule has 4 heteroatoms. The van der Waals surface area contributed by atoms with E-state index < -0.39 is 0 Å². The van der Waals surface area contributed by atoms with Crippen LogP contribution in [0.1, 0.15) is 35.9 Å². The summed E-state index contributed by atoms with van der Waals surface area (Å²) in [5.74, 6) is 0.374. The number of ether oxygens (including phenoxy) is 1. The van der Waals surface area contributed by atoms with Crippen LogP contribution in [0.2, 0.25) is 0 Å². The molecular weight excluding hydrogens is 288 g/mol. The highest BCUT2D eigenvalue weighted by Crippen LogP contribution is 2.28. The number of amides is 1. The quantitative estimate of drug-likeness (QED) is 0.873. The van der Waals surface area contributed by atoms with Crippen LogP contribution >= 0.6 is 0 Å². The van der Waals surface area contributed by atoms with Crippen molar-refractivity contribution < 1.29 is 9.53 Å². The molecule has 23 heavy (non-hydrogen) atoms. The third kappa shape index (κ3) is 3.59. The third-order valence-corrected chi connectivity index (χ3v) is 4.24. The maximum Gasteiger partial charge on any atom is 0.255 e. The van der Waals surface area contributed by atoms with Gasteiger partial charge in [0.1, 0.15) is 6.10 Å². The first-order valence-corrected chi connectivity index (χ1v) is 8.05. The number of carbonyl (C=O) groups is 1. The summed E-state index contributed by atoms with van der Waals surface area (Å²) in [6.45, 7) is 5.45. The summed E-state index contributed by atoms with van der Waals surface area (Å²) < 4.78 is 6.24. The minimum Gasteiger partial charge on any atom is -0.366 e. The Morgan fingerprint density at radius 1 is 1.17 bits per heavy atom. The van der Waals surface area contributed by atoms with E-state index in [4.69, 9.17) is 4.74 Å². The first-order chi connectivity index (χ1) is 11.1. The molecule has 1 aromatic heterocycles. The van der Waals surface area contributed by atoms with E-state index in [0.29, 0.717) is 24.6 Å². The summed E-state index contributed by atoms with van der Waals surface area (Å²) in [6.07, 6.45) is 3.26. The van der Waals surface area contributed by atoms with Crippen LogP contribution in [-0.2, 0) is 4.74 Å². The summed E-state index contributed by atoms with van der Waals surface area (Å²) in [4.78, 5) is 18.7. The zero-order chi connectivity index (χ0) is 16.2. The predicted octanol–water partition coefficient (Wildman–Crippen LogP) is 3.32. The standard InChI is InChI=1S/C19H22N2O2/c1-14(2)17-12-21(19(22)16-9-6-10-20-11-16)13-18(23-17)15-7-4-3-5-8-15/h3-11,14,17-18H,12-13H2,1-2H3/t17-,18+/m1/s1. The highest BCUT2D eigenvalue weighted by molar-refractivity contribution is 5.94. The maximum atomic E-state index is 12.8. The molecule has 1 amide bonds. The van der Waals surface area contributed by atoms with E-state index in [2.05, 4.69) is 31.0 Å². The minimum absolute atomic E-state index is 0.0213. The summed E-state index contributed by atoms with van der Waals surface area (Å²) in [6, 6.07) is 13.7. The van der Waals surface area contributed by atoms with Gasteiger partial charge in [-0.1, -0.05) is 44.2 Å². The van der Waals surface area contributed by atoms with Crippen molar-refractivity contribution in [2.75, 3.05) is 13.1 Å². The average Bonchev–Trinajstić information content (AvgIpc) is 2.62. The summed E-state index contributed by atoms with van der Waals surface area (Å²) in [7, 11) is 0. The molecule has 3 rings (SSSR count). The fourth-order valence-electron chi connectivity index (χ4n) is 2.85. The van der Waals surface area contributed by atoms with Gasteiger partial charge in [0.25, 0.3) is 5.91 Å². The van der Waals surface area contributed by atoms with Crippen molar-refractivity contribution in [2.45, 2.75) is 26.1 Å². The summed E-state index contributed by atoms with van der Waals surface area (Å²) in [5, 5.41) is 0. The van der Waals surface area contributed by atoms with E-state index >= 15 is 0 Å². The van der Waals surface area contributed by atoms with Gasteiger partial charge in [0.2, 0.25) is 0 Å². The number of hydrogen-bond donors (Lipinski definition) is 0. The second-order valence-electron chi connectivity index (χ2n) is 6.27. The van der Waals surface area contributed by atoms with Crippen molar-refractivity contribution in [1.82, 2.24) is 9.88 Å². The first-order valence-electron chi connectivity index (χ1n) is 8.05. The number of nitrogens with zero attached hydrogens (tertiary/aromatic N) is 2. The van der Waals surface area contributed by atoms with Crippen LogP contribution in [-0.4, -0.2) is 35.0 Å². The van der Waals surface area contributed by atoms with Gasteiger partial charge in [0.15, 0.2) is 0 Å². The number of aromatic nitrogens is 1. The van der Waals surface area contributed by atoms with Crippen molar-refractivity contribution in [1.29, 1.82) is 0 Å². The lowest BCUT2D eigenvalue weighted by Crippen LogP contribution is -2.48. The molecule has 4 nitrogen and oxygen atoms in total. The number of rotatable bonds is 3. The third-order valence-electron chi connectivity index (χ3n) is 4.24. The molecule has 2 heterocycles. The Morgan fingerprint density at radius 2 is 1.96 bits per heavy atom. The van der Waals surface area contributed by atoms with E-state index in [1.54, 1.807) is 18.5 Å². The first kappa shape index (κ1) is 15.7. The van der Waals surface area contributed by atoms with Crippen LogP contribution in [0.5, 0.6) is 0 Å². The molecule has 0 radical (unpaired) electrons. The van der Waals surface area contributed by atoms with Gasteiger partial charge in [-0.25, -0.2) is 0 Å². The number of benzene rings is 1. The smallest absolute Gasteiger partial charge is 0.255 e. The van der Waals surface area contributed by atoms with Crippen LogP contribution in [0.25, 0.3) is 0 Å². The molecule has 1 aliphatic rings. The normalized spacial score (nSPS) is 21.4. The SMILES string of the molecule is CC(C)[C@H]1CN(C(=O)c2cccnc2)C[C@@H](c2ccccc2)O1. The van der Waals surface area contributed by atoms with E-state index in [9.17, 15) is 4.79 Å². The van der Waals surface area contributed by atoms with Gasteiger partial charge in [-0.2, -0.15) is 0 Å².